The molecule has 86 valence electrons. The van der Waals surface area contributed by atoms with Crippen LogP contribution in [0.25, 0.3) is 16.9 Å². The van der Waals surface area contributed by atoms with Gasteiger partial charge in [0.15, 0.2) is 0 Å². The Morgan fingerprint density at radius 1 is 1.24 bits per heavy atom. The van der Waals surface area contributed by atoms with E-state index in [-0.39, 0.29) is 0 Å². The minimum atomic E-state index is 0.664. The predicted molar refractivity (Wildman–Crippen MR) is 76.2 cm³/mol. The second-order valence-electron chi connectivity index (χ2n) is 3.48. The van der Waals surface area contributed by atoms with E-state index in [0.29, 0.717) is 8.67 Å². The molecule has 0 saturated heterocycles. The minimum Gasteiger partial charge on any atom is -0.305 e. The van der Waals surface area contributed by atoms with Crippen LogP contribution in [0.3, 0.4) is 0 Å². The Bertz CT molecular complexity index is 705. The maximum atomic E-state index is 6.11. The van der Waals surface area contributed by atoms with Gasteiger partial charge in [0.2, 0.25) is 0 Å². The number of rotatable bonds is 1. The first-order valence-corrected chi connectivity index (χ1v) is 7.09. The van der Waals surface area contributed by atoms with E-state index in [1.807, 2.05) is 35.0 Å². The van der Waals surface area contributed by atoms with Crippen molar-refractivity contribution in [3.63, 3.8) is 0 Å². The Kier molecular flexibility index (Phi) is 2.91. The van der Waals surface area contributed by atoms with Crippen LogP contribution in [0.5, 0.6) is 0 Å². The molecule has 0 bridgehead atoms. The summed E-state index contributed by atoms with van der Waals surface area (Å²) in [4.78, 5) is 4.50. The molecule has 0 aliphatic heterocycles. The normalized spacial score (nSPS) is 11.2. The number of pyridine rings is 1. The van der Waals surface area contributed by atoms with Crippen LogP contribution in [0.4, 0.5) is 0 Å². The minimum absolute atomic E-state index is 0.664. The third-order valence-electron chi connectivity index (χ3n) is 2.35. The third-order valence-corrected chi connectivity index (χ3v) is 4.30. The maximum absolute atomic E-state index is 6.11. The van der Waals surface area contributed by atoms with Gasteiger partial charge in [-0.15, -0.1) is 11.3 Å². The van der Waals surface area contributed by atoms with Crippen molar-refractivity contribution < 1.29 is 0 Å². The molecular formula is C11H5BrCl2N2S. The number of nitrogens with zero attached hydrogens (tertiary/aromatic N) is 2. The van der Waals surface area contributed by atoms with E-state index in [9.17, 15) is 0 Å². The molecule has 0 radical (unpaired) electrons. The molecule has 0 saturated carbocycles. The van der Waals surface area contributed by atoms with E-state index in [1.165, 1.54) is 11.3 Å². The van der Waals surface area contributed by atoms with Crippen LogP contribution in [0.2, 0.25) is 8.67 Å². The van der Waals surface area contributed by atoms with E-state index in [4.69, 9.17) is 23.2 Å². The zero-order chi connectivity index (χ0) is 12.0. The lowest BCUT2D eigenvalue weighted by atomic mass is 10.3. The maximum Gasteiger partial charge on any atom is 0.137 e. The van der Waals surface area contributed by atoms with Crippen molar-refractivity contribution in [3.8, 4) is 11.3 Å². The highest BCUT2D eigenvalue weighted by atomic mass is 79.9. The van der Waals surface area contributed by atoms with Gasteiger partial charge in [-0.2, -0.15) is 0 Å². The zero-order valence-corrected chi connectivity index (χ0v) is 12.2. The van der Waals surface area contributed by atoms with Gasteiger partial charge in [-0.05, 0) is 34.1 Å². The fourth-order valence-corrected chi connectivity index (χ4v) is 3.44. The van der Waals surface area contributed by atoms with Gasteiger partial charge in [0.1, 0.15) is 9.98 Å². The molecule has 3 heterocycles. The van der Waals surface area contributed by atoms with Crippen LogP contribution in [0.1, 0.15) is 0 Å². The first-order valence-electron chi connectivity index (χ1n) is 4.73. The number of thiophene rings is 1. The average molecular weight is 348 g/mol. The number of fused-ring (bicyclic) bond motifs is 1. The quantitative estimate of drug-likeness (QED) is 0.596. The molecular weight excluding hydrogens is 343 g/mol. The summed E-state index contributed by atoms with van der Waals surface area (Å²) in [5.41, 5.74) is 2.58. The Balaban J connectivity index is 2.21. The van der Waals surface area contributed by atoms with Crippen molar-refractivity contribution in [1.29, 1.82) is 0 Å². The van der Waals surface area contributed by atoms with E-state index in [2.05, 4.69) is 20.9 Å². The topological polar surface area (TPSA) is 17.3 Å². The van der Waals surface area contributed by atoms with Crippen LogP contribution in [-0.4, -0.2) is 9.38 Å². The van der Waals surface area contributed by atoms with Gasteiger partial charge in [-0.1, -0.05) is 23.2 Å². The Morgan fingerprint density at radius 2 is 2.06 bits per heavy atom. The van der Waals surface area contributed by atoms with Crippen LogP contribution < -0.4 is 0 Å². The summed E-state index contributed by atoms with van der Waals surface area (Å²) in [7, 11) is 0. The Hall–Kier alpha value is -0.550. The second kappa shape index (κ2) is 4.28. The number of hydrogen-bond acceptors (Lipinski definition) is 2. The van der Waals surface area contributed by atoms with Crippen molar-refractivity contribution in [2.75, 3.05) is 0 Å². The zero-order valence-electron chi connectivity index (χ0n) is 8.32. The number of hydrogen-bond donors (Lipinski definition) is 0. The molecule has 0 amide bonds. The van der Waals surface area contributed by atoms with Gasteiger partial charge < -0.3 is 4.40 Å². The lowest BCUT2D eigenvalue weighted by molar-refractivity contribution is 1.17. The average Bonchev–Trinajstić information content (AvgIpc) is 2.80. The van der Waals surface area contributed by atoms with Crippen LogP contribution in [0, 0.1) is 0 Å². The fraction of sp³-hybridized carbons (Fsp3) is 0. The molecule has 0 aliphatic rings. The highest BCUT2D eigenvalue weighted by Crippen LogP contribution is 2.37. The Labute approximate surface area is 120 Å². The molecule has 6 heteroatoms. The molecule has 17 heavy (non-hydrogen) atoms. The molecule has 3 aromatic heterocycles. The second-order valence-corrected chi connectivity index (χ2v) is 6.68. The van der Waals surface area contributed by atoms with Gasteiger partial charge in [-0.25, -0.2) is 4.98 Å². The molecule has 3 rings (SSSR count). The van der Waals surface area contributed by atoms with Gasteiger partial charge >= 0.3 is 0 Å². The summed E-state index contributed by atoms with van der Waals surface area (Å²) >= 11 is 16.8. The third kappa shape index (κ3) is 2.10. The molecule has 0 spiro atoms. The lowest BCUT2D eigenvalue weighted by Crippen LogP contribution is -1.80. The summed E-state index contributed by atoms with van der Waals surface area (Å²) in [6, 6.07) is 5.73. The van der Waals surface area contributed by atoms with E-state index < -0.39 is 0 Å². The van der Waals surface area contributed by atoms with Crippen molar-refractivity contribution in [1.82, 2.24) is 9.38 Å². The van der Waals surface area contributed by atoms with Crippen molar-refractivity contribution in [2.45, 2.75) is 0 Å². The summed E-state index contributed by atoms with van der Waals surface area (Å²) in [5, 5.41) is 0. The van der Waals surface area contributed by atoms with Gasteiger partial charge in [-0.3, -0.25) is 0 Å². The first-order chi connectivity index (χ1) is 8.13. The summed E-state index contributed by atoms with van der Waals surface area (Å²) in [5.74, 6) is 0. The molecule has 0 N–H and O–H groups in total. The van der Waals surface area contributed by atoms with E-state index in [1.54, 1.807) is 0 Å². The van der Waals surface area contributed by atoms with E-state index >= 15 is 0 Å². The van der Waals surface area contributed by atoms with Gasteiger partial charge in [0.25, 0.3) is 0 Å². The molecule has 3 aromatic rings. The fourth-order valence-electron chi connectivity index (χ4n) is 1.61. The van der Waals surface area contributed by atoms with Gasteiger partial charge in [0, 0.05) is 22.4 Å². The molecule has 2 nitrogen and oxygen atoms in total. The van der Waals surface area contributed by atoms with Crippen molar-refractivity contribution in [3.05, 3.63) is 43.7 Å². The summed E-state index contributed by atoms with van der Waals surface area (Å²) in [6.07, 6.45) is 3.89. The highest BCUT2D eigenvalue weighted by Gasteiger charge is 2.11. The Morgan fingerprint density at radius 3 is 2.76 bits per heavy atom. The summed E-state index contributed by atoms with van der Waals surface area (Å²) in [6.45, 7) is 0. The van der Waals surface area contributed by atoms with Crippen molar-refractivity contribution >= 4 is 56.1 Å². The molecule has 0 atom stereocenters. The number of imidazole rings is 1. The highest BCUT2D eigenvalue weighted by molar-refractivity contribution is 9.10. The molecule has 0 aliphatic carbocycles. The number of aromatic nitrogens is 2. The van der Waals surface area contributed by atoms with Gasteiger partial charge in [0.05, 0.1) is 10.0 Å². The monoisotopic (exact) mass is 346 g/mol. The van der Waals surface area contributed by atoms with Crippen LogP contribution in [-0.2, 0) is 0 Å². The SMILES string of the molecule is Clc1cc(-c2cn3cc(Br)ccc3n2)c(Cl)s1. The largest absolute Gasteiger partial charge is 0.305 e. The molecule has 0 unspecified atom stereocenters. The first kappa shape index (κ1) is 11.5. The smallest absolute Gasteiger partial charge is 0.137 e. The van der Waals surface area contributed by atoms with Crippen LogP contribution >= 0.6 is 50.5 Å². The standard InChI is InChI=1S/C11H5BrCl2N2S/c12-6-1-2-10-15-8(5-16(10)4-6)7-3-9(13)17-11(7)14/h1-5H. The van der Waals surface area contributed by atoms with Crippen LogP contribution in [0.15, 0.2) is 35.1 Å². The summed E-state index contributed by atoms with van der Waals surface area (Å²) < 4.78 is 4.28. The number of halogens is 3. The van der Waals surface area contributed by atoms with E-state index in [0.717, 1.165) is 21.4 Å². The van der Waals surface area contributed by atoms with Crippen molar-refractivity contribution in [2.24, 2.45) is 0 Å². The lowest BCUT2D eigenvalue weighted by Gasteiger charge is -1.91. The molecule has 0 aromatic carbocycles. The predicted octanol–water partition coefficient (Wildman–Crippen LogP) is 5.13. The molecule has 0 fully saturated rings.